The van der Waals surface area contributed by atoms with Gasteiger partial charge in [0.25, 0.3) is 5.91 Å². The van der Waals surface area contributed by atoms with Gasteiger partial charge < -0.3 is 4.74 Å². The van der Waals surface area contributed by atoms with Crippen LogP contribution in [0.5, 0.6) is 0 Å². The number of halogens is 1. The molecule has 0 saturated carbocycles. The predicted octanol–water partition coefficient (Wildman–Crippen LogP) is 4.47. The lowest BCUT2D eigenvalue weighted by Gasteiger charge is -2.34. The van der Waals surface area contributed by atoms with Crippen LogP contribution >= 0.6 is 11.3 Å². The molecule has 11 heteroatoms. The van der Waals surface area contributed by atoms with E-state index in [0.29, 0.717) is 65.6 Å². The van der Waals surface area contributed by atoms with Gasteiger partial charge in [0.2, 0.25) is 10.0 Å². The molecule has 210 valence electrons. The smallest absolute Gasteiger partial charge is 0.260 e. The zero-order valence-electron chi connectivity index (χ0n) is 22.4. The molecule has 1 amide bonds. The molecule has 2 unspecified atom stereocenters. The van der Waals surface area contributed by atoms with Crippen LogP contribution in [0.15, 0.2) is 47.4 Å². The fourth-order valence-electron chi connectivity index (χ4n) is 5.44. The molecule has 2 aliphatic rings. The number of nitrogens with zero attached hydrogens (tertiary/aromatic N) is 4. The number of anilines is 1. The van der Waals surface area contributed by atoms with Crippen molar-refractivity contribution in [2.24, 2.45) is 11.8 Å². The molecule has 2 saturated heterocycles. The van der Waals surface area contributed by atoms with Crippen LogP contribution in [0.4, 0.5) is 9.52 Å². The molecule has 8 nitrogen and oxygen atoms in total. The fourth-order valence-corrected chi connectivity index (χ4v) is 8.13. The number of carbonyl (C=O) groups is 1. The summed E-state index contributed by atoms with van der Waals surface area (Å²) in [5.74, 6) is -0.00628. The third-order valence-electron chi connectivity index (χ3n) is 7.35. The largest absolute Gasteiger partial charge is 0.379 e. The van der Waals surface area contributed by atoms with Gasteiger partial charge in [-0.15, -0.1) is 0 Å². The van der Waals surface area contributed by atoms with Gasteiger partial charge in [-0.05, 0) is 67.1 Å². The lowest BCUT2D eigenvalue weighted by Crippen LogP contribution is -2.42. The summed E-state index contributed by atoms with van der Waals surface area (Å²) in [5, 5.41) is 0.496. The molecule has 1 aromatic heterocycles. The van der Waals surface area contributed by atoms with Gasteiger partial charge in [0.1, 0.15) is 5.82 Å². The summed E-state index contributed by atoms with van der Waals surface area (Å²) in [6.45, 7) is 9.53. The van der Waals surface area contributed by atoms with Gasteiger partial charge >= 0.3 is 0 Å². The van der Waals surface area contributed by atoms with Crippen LogP contribution in [0.2, 0.25) is 0 Å². The number of fused-ring (bicyclic) bond motifs is 1. The van der Waals surface area contributed by atoms with Crippen LogP contribution in [-0.2, 0) is 14.8 Å². The molecule has 5 rings (SSSR count). The first-order chi connectivity index (χ1) is 18.7. The first-order valence-corrected chi connectivity index (χ1v) is 15.7. The van der Waals surface area contributed by atoms with Gasteiger partial charge in [-0.25, -0.2) is 17.8 Å². The van der Waals surface area contributed by atoms with Crippen molar-refractivity contribution in [3.8, 4) is 0 Å². The van der Waals surface area contributed by atoms with E-state index in [1.54, 1.807) is 27.4 Å². The number of sulfonamides is 1. The van der Waals surface area contributed by atoms with Gasteiger partial charge in [-0.3, -0.25) is 14.6 Å². The van der Waals surface area contributed by atoms with Crippen molar-refractivity contribution in [3.05, 3.63) is 53.8 Å². The molecule has 2 fully saturated rings. The molecule has 39 heavy (non-hydrogen) atoms. The van der Waals surface area contributed by atoms with Crippen LogP contribution < -0.4 is 4.90 Å². The van der Waals surface area contributed by atoms with Crippen LogP contribution in [0, 0.1) is 17.7 Å². The first-order valence-electron chi connectivity index (χ1n) is 13.5. The van der Waals surface area contributed by atoms with Gasteiger partial charge in [0.15, 0.2) is 5.13 Å². The first kappa shape index (κ1) is 28.1. The van der Waals surface area contributed by atoms with Crippen LogP contribution in [0.3, 0.4) is 0 Å². The summed E-state index contributed by atoms with van der Waals surface area (Å²) < 4.78 is 48.1. The van der Waals surface area contributed by atoms with E-state index in [9.17, 15) is 17.6 Å². The van der Waals surface area contributed by atoms with Crippen molar-refractivity contribution in [3.63, 3.8) is 0 Å². The zero-order chi connectivity index (χ0) is 27.6. The van der Waals surface area contributed by atoms with Crippen LogP contribution in [0.25, 0.3) is 10.2 Å². The van der Waals surface area contributed by atoms with Gasteiger partial charge in [-0.2, -0.15) is 4.31 Å². The molecule has 0 bridgehead atoms. The Balaban J connectivity index is 1.37. The van der Waals surface area contributed by atoms with Crippen molar-refractivity contribution in [2.45, 2.75) is 31.6 Å². The van der Waals surface area contributed by atoms with E-state index >= 15 is 0 Å². The minimum atomic E-state index is -3.64. The molecular formula is C28H35FN4O4S2. The summed E-state index contributed by atoms with van der Waals surface area (Å²) in [5.41, 5.74) is 1.01. The summed E-state index contributed by atoms with van der Waals surface area (Å²) in [6, 6.07) is 10.6. The zero-order valence-corrected chi connectivity index (χ0v) is 24.0. The molecule has 0 aliphatic carbocycles. The Morgan fingerprint density at radius 1 is 1.10 bits per heavy atom. The summed E-state index contributed by atoms with van der Waals surface area (Å²) in [6.07, 6.45) is 1.74. The van der Waals surface area contributed by atoms with Gasteiger partial charge in [0, 0.05) is 44.8 Å². The van der Waals surface area contributed by atoms with E-state index < -0.39 is 10.0 Å². The Hall–Kier alpha value is -2.44. The number of piperidine rings is 1. The Morgan fingerprint density at radius 2 is 1.79 bits per heavy atom. The standard InChI is InChI=1S/C28H35FN4O4S2/c1-20-16-21(2)19-32(18-20)39(35,36)24-7-4-22(5-8-24)27(34)33(11-3-10-31-12-14-37-15-13-31)28-30-25-9-6-23(29)17-26(25)38-28/h4-9,17,20-21H,3,10-16,18-19H2,1-2H3. The summed E-state index contributed by atoms with van der Waals surface area (Å²) in [7, 11) is -3.64. The summed E-state index contributed by atoms with van der Waals surface area (Å²) >= 11 is 1.27. The Labute approximate surface area is 233 Å². The maximum Gasteiger partial charge on any atom is 0.260 e. The van der Waals surface area contributed by atoms with E-state index in [2.05, 4.69) is 23.7 Å². The molecule has 2 atom stereocenters. The fraction of sp³-hybridized carbons (Fsp3) is 0.500. The molecule has 3 aromatic rings. The average Bonchev–Trinajstić information content (AvgIpc) is 3.33. The molecule has 2 aromatic carbocycles. The normalized spacial score (nSPS) is 21.3. The lowest BCUT2D eigenvalue weighted by molar-refractivity contribution is 0.0376. The average molecular weight is 575 g/mol. The third kappa shape index (κ3) is 6.49. The molecule has 2 aliphatic heterocycles. The lowest BCUT2D eigenvalue weighted by atomic mass is 9.94. The van der Waals surface area contributed by atoms with Crippen molar-refractivity contribution in [2.75, 3.05) is 57.4 Å². The molecular weight excluding hydrogens is 539 g/mol. The van der Waals surface area contributed by atoms with Crippen molar-refractivity contribution in [1.82, 2.24) is 14.2 Å². The SMILES string of the molecule is CC1CC(C)CN(S(=O)(=O)c2ccc(C(=O)N(CCCN3CCOCC3)c3nc4ccc(F)cc4s3)cc2)C1. The number of thiazole rings is 1. The number of rotatable bonds is 8. The number of aromatic nitrogens is 1. The highest BCUT2D eigenvalue weighted by Crippen LogP contribution is 2.31. The molecule has 0 spiro atoms. The van der Waals surface area contributed by atoms with Crippen molar-refractivity contribution in [1.29, 1.82) is 0 Å². The minimum Gasteiger partial charge on any atom is -0.379 e. The number of hydrogen-bond donors (Lipinski definition) is 0. The third-order valence-corrected chi connectivity index (χ3v) is 10.2. The van der Waals surface area contributed by atoms with E-state index in [1.807, 2.05) is 0 Å². The second kappa shape index (κ2) is 12.0. The van der Waals surface area contributed by atoms with Crippen molar-refractivity contribution < 1.29 is 22.3 Å². The number of morpholine rings is 1. The van der Waals surface area contributed by atoms with Crippen LogP contribution in [0.1, 0.15) is 37.0 Å². The Bertz CT molecular complexity index is 1400. The highest BCUT2D eigenvalue weighted by atomic mass is 32.2. The second-order valence-corrected chi connectivity index (χ2v) is 13.6. The van der Waals surface area contributed by atoms with Gasteiger partial charge in [-0.1, -0.05) is 25.2 Å². The van der Waals surface area contributed by atoms with E-state index in [0.717, 1.165) is 32.5 Å². The number of ether oxygens (including phenoxy) is 1. The number of carbonyl (C=O) groups excluding carboxylic acids is 1. The van der Waals surface area contributed by atoms with Gasteiger partial charge in [0.05, 0.1) is 28.3 Å². The maximum absolute atomic E-state index is 13.8. The Kier molecular flexibility index (Phi) is 8.63. The molecule has 0 N–H and O–H groups in total. The van der Waals surface area contributed by atoms with E-state index in [1.165, 1.54) is 35.6 Å². The molecule has 0 radical (unpaired) electrons. The maximum atomic E-state index is 13.8. The van der Waals surface area contributed by atoms with Crippen LogP contribution in [-0.4, -0.2) is 81.0 Å². The number of hydrogen-bond acceptors (Lipinski definition) is 7. The topological polar surface area (TPSA) is 83.1 Å². The predicted molar refractivity (Wildman–Crippen MR) is 151 cm³/mol. The number of amides is 1. The monoisotopic (exact) mass is 574 g/mol. The second-order valence-electron chi connectivity index (χ2n) is 10.7. The highest BCUT2D eigenvalue weighted by molar-refractivity contribution is 7.89. The van der Waals surface area contributed by atoms with E-state index in [4.69, 9.17) is 4.74 Å². The summed E-state index contributed by atoms with van der Waals surface area (Å²) in [4.78, 5) is 22.5. The molecule has 3 heterocycles. The quantitative estimate of drug-likeness (QED) is 0.395. The van der Waals surface area contributed by atoms with E-state index in [-0.39, 0.29) is 16.6 Å². The van der Waals surface area contributed by atoms with Crippen molar-refractivity contribution >= 4 is 42.6 Å². The minimum absolute atomic E-state index is 0.190. The number of benzene rings is 2. The highest BCUT2D eigenvalue weighted by Gasteiger charge is 2.32. The Morgan fingerprint density at radius 3 is 2.49 bits per heavy atom.